The highest BCUT2D eigenvalue weighted by Gasteiger charge is 2.27. The molecule has 2 rings (SSSR count). The Kier molecular flexibility index (Phi) is 4.78. The predicted octanol–water partition coefficient (Wildman–Crippen LogP) is 2.20. The number of amides is 1. The van der Waals surface area contributed by atoms with E-state index < -0.39 is 0 Å². The van der Waals surface area contributed by atoms with E-state index in [4.69, 9.17) is 0 Å². The number of likely N-dealkylation sites (N-methyl/N-ethyl adjacent to an activating group) is 1. The van der Waals surface area contributed by atoms with E-state index in [-0.39, 0.29) is 5.91 Å². The van der Waals surface area contributed by atoms with Crippen LogP contribution in [0.15, 0.2) is 28.7 Å². The van der Waals surface area contributed by atoms with Crippen molar-refractivity contribution in [2.75, 3.05) is 20.1 Å². The van der Waals surface area contributed by atoms with Gasteiger partial charge in [0.25, 0.3) is 0 Å². The number of benzene rings is 1. The van der Waals surface area contributed by atoms with Crippen molar-refractivity contribution in [2.24, 2.45) is 0 Å². The number of hydrogen-bond acceptors (Lipinski definition) is 2. The third kappa shape index (κ3) is 3.33. The van der Waals surface area contributed by atoms with Crippen molar-refractivity contribution >= 4 is 21.8 Å². The molecule has 1 atom stereocenters. The molecule has 1 aromatic carbocycles. The second-order valence-corrected chi connectivity index (χ2v) is 5.66. The summed E-state index contributed by atoms with van der Waals surface area (Å²) in [7, 11) is 1.94. The van der Waals surface area contributed by atoms with Crippen LogP contribution in [0.2, 0.25) is 0 Å². The van der Waals surface area contributed by atoms with Gasteiger partial charge >= 0.3 is 0 Å². The van der Waals surface area contributed by atoms with Crippen molar-refractivity contribution in [1.29, 1.82) is 0 Å². The van der Waals surface area contributed by atoms with Gasteiger partial charge in [0.2, 0.25) is 5.91 Å². The highest BCUT2D eigenvalue weighted by molar-refractivity contribution is 9.10. The number of rotatable bonds is 4. The van der Waals surface area contributed by atoms with Gasteiger partial charge in [-0.25, -0.2) is 0 Å². The van der Waals surface area contributed by atoms with Crippen LogP contribution in [0.4, 0.5) is 0 Å². The minimum absolute atomic E-state index is 0.245. The predicted molar refractivity (Wildman–Crippen MR) is 76.5 cm³/mol. The van der Waals surface area contributed by atoms with Crippen molar-refractivity contribution in [2.45, 2.75) is 25.3 Å². The maximum absolute atomic E-state index is 12.3. The SMILES string of the molecule is CNC[C@@H]1CCCN1C(=O)Cc1ccc(Br)cc1. The fraction of sp³-hybridized carbons (Fsp3) is 0.500. The van der Waals surface area contributed by atoms with Crippen molar-refractivity contribution in [1.82, 2.24) is 10.2 Å². The Balaban J connectivity index is 1.96. The van der Waals surface area contributed by atoms with Gasteiger partial charge in [-0.1, -0.05) is 28.1 Å². The molecule has 0 bridgehead atoms. The van der Waals surface area contributed by atoms with E-state index in [0.717, 1.165) is 36.0 Å². The number of hydrogen-bond donors (Lipinski definition) is 1. The highest BCUT2D eigenvalue weighted by atomic mass is 79.9. The van der Waals surface area contributed by atoms with Crippen LogP contribution in [-0.2, 0) is 11.2 Å². The van der Waals surface area contributed by atoms with E-state index in [1.165, 1.54) is 0 Å². The Bertz CT molecular complexity index is 405. The molecule has 0 aliphatic carbocycles. The molecule has 1 N–H and O–H groups in total. The summed E-state index contributed by atoms with van der Waals surface area (Å²) in [4.78, 5) is 14.3. The summed E-state index contributed by atoms with van der Waals surface area (Å²) in [5, 5.41) is 3.17. The Morgan fingerprint density at radius 3 is 2.83 bits per heavy atom. The summed E-state index contributed by atoms with van der Waals surface area (Å²) in [5.74, 6) is 0.245. The van der Waals surface area contributed by atoms with Gasteiger partial charge in [-0.3, -0.25) is 4.79 Å². The Morgan fingerprint density at radius 1 is 1.44 bits per heavy atom. The molecular weight excluding hydrogens is 292 g/mol. The number of nitrogens with one attached hydrogen (secondary N) is 1. The molecule has 1 heterocycles. The summed E-state index contributed by atoms with van der Waals surface area (Å²) >= 11 is 3.40. The maximum Gasteiger partial charge on any atom is 0.227 e. The first-order valence-corrected chi connectivity index (χ1v) is 7.18. The number of carbonyl (C=O) groups excluding carboxylic acids is 1. The van der Waals surface area contributed by atoms with Gasteiger partial charge in [0.1, 0.15) is 0 Å². The van der Waals surface area contributed by atoms with Crippen molar-refractivity contribution in [3.63, 3.8) is 0 Å². The standard InChI is InChI=1S/C14H19BrN2O/c1-16-10-13-3-2-8-17(13)14(18)9-11-4-6-12(15)7-5-11/h4-7,13,16H,2-3,8-10H2,1H3/t13-/m0/s1. The highest BCUT2D eigenvalue weighted by Crippen LogP contribution is 2.18. The summed E-state index contributed by atoms with van der Waals surface area (Å²) in [6.07, 6.45) is 2.75. The smallest absolute Gasteiger partial charge is 0.227 e. The average molecular weight is 311 g/mol. The molecule has 1 aliphatic heterocycles. The van der Waals surface area contributed by atoms with Gasteiger partial charge in [-0.05, 0) is 37.6 Å². The fourth-order valence-corrected chi connectivity index (χ4v) is 2.75. The van der Waals surface area contributed by atoms with E-state index in [1.807, 2.05) is 36.2 Å². The molecule has 3 nitrogen and oxygen atoms in total. The summed E-state index contributed by atoms with van der Waals surface area (Å²) < 4.78 is 1.05. The van der Waals surface area contributed by atoms with Crippen LogP contribution < -0.4 is 5.32 Å². The summed E-state index contributed by atoms with van der Waals surface area (Å²) in [6, 6.07) is 8.35. The van der Waals surface area contributed by atoms with Crippen molar-refractivity contribution < 1.29 is 4.79 Å². The minimum Gasteiger partial charge on any atom is -0.338 e. The Morgan fingerprint density at radius 2 is 2.17 bits per heavy atom. The molecule has 1 fully saturated rings. The Labute approximate surface area is 117 Å². The largest absolute Gasteiger partial charge is 0.338 e. The molecule has 1 aliphatic rings. The average Bonchev–Trinajstić information content (AvgIpc) is 2.81. The molecule has 1 saturated heterocycles. The zero-order valence-corrected chi connectivity index (χ0v) is 12.2. The van der Waals surface area contributed by atoms with Gasteiger partial charge in [0.05, 0.1) is 6.42 Å². The summed E-state index contributed by atoms with van der Waals surface area (Å²) in [6.45, 7) is 1.80. The molecule has 1 amide bonds. The first-order chi connectivity index (χ1) is 8.70. The first kappa shape index (κ1) is 13.6. The van der Waals surface area contributed by atoms with E-state index in [0.29, 0.717) is 12.5 Å². The lowest BCUT2D eigenvalue weighted by molar-refractivity contribution is -0.131. The normalized spacial score (nSPS) is 19.2. The number of carbonyl (C=O) groups is 1. The van der Waals surface area contributed by atoms with Crippen molar-refractivity contribution in [3.8, 4) is 0 Å². The third-order valence-electron chi connectivity index (χ3n) is 3.41. The minimum atomic E-state index is 0.245. The van der Waals surface area contributed by atoms with Crippen LogP contribution in [0.1, 0.15) is 18.4 Å². The summed E-state index contributed by atoms with van der Waals surface area (Å²) in [5.41, 5.74) is 1.08. The lowest BCUT2D eigenvalue weighted by Gasteiger charge is -2.24. The van der Waals surface area contributed by atoms with E-state index in [1.54, 1.807) is 0 Å². The van der Waals surface area contributed by atoms with Crippen LogP contribution in [-0.4, -0.2) is 37.0 Å². The molecular formula is C14H19BrN2O. The quantitative estimate of drug-likeness (QED) is 0.924. The first-order valence-electron chi connectivity index (χ1n) is 6.39. The monoisotopic (exact) mass is 310 g/mol. The number of likely N-dealkylation sites (tertiary alicyclic amines) is 1. The van der Waals surface area contributed by atoms with Gasteiger partial charge in [0, 0.05) is 23.6 Å². The van der Waals surface area contributed by atoms with Crippen LogP contribution in [0, 0.1) is 0 Å². The zero-order chi connectivity index (χ0) is 13.0. The van der Waals surface area contributed by atoms with E-state index >= 15 is 0 Å². The van der Waals surface area contributed by atoms with E-state index in [2.05, 4.69) is 21.2 Å². The molecule has 0 radical (unpaired) electrons. The zero-order valence-electron chi connectivity index (χ0n) is 10.7. The van der Waals surface area contributed by atoms with Crippen LogP contribution >= 0.6 is 15.9 Å². The van der Waals surface area contributed by atoms with Crippen LogP contribution in [0.5, 0.6) is 0 Å². The topological polar surface area (TPSA) is 32.3 Å². The molecule has 4 heteroatoms. The van der Waals surface area contributed by atoms with Gasteiger partial charge < -0.3 is 10.2 Å². The number of halogens is 1. The maximum atomic E-state index is 12.3. The molecule has 0 saturated carbocycles. The second-order valence-electron chi connectivity index (χ2n) is 4.74. The molecule has 18 heavy (non-hydrogen) atoms. The lowest BCUT2D eigenvalue weighted by Crippen LogP contribution is -2.41. The van der Waals surface area contributed by atoms with Crippen LogP contribution in [0.3, 0.4) is 0 Å². The van der Waals surface area contributed by atoms with Gasteiger partial charge in [-0.2, -0.15) is 0 Å². The number of nitrogens with zero attached hydrogens (tertiary/aromatic N) is 1. The van der Waals surface area contributed by atoms with Gasteiger partial charge in [-0.15, -0.1) is 0 Å². The Hall–Kier alpha value is -0.870. The lowest BCUT2D eigenvalue weighted by atomic mass is 10.1. The second kappa shape index (κ2) is 6.34. The van der Waals surface area contributed by atoms with Gasteiger partial charge in [0.15, 0.2) is 0 Å². The third-order valence-corrected chi connectivity index (χ3v) is 3.93. The van der Waals surface area contributed by atoms with E-state index in [9.17, 15) is 4.79 Å². The molecule has 0 unspecified atom stereocenters. The fourth-order valence-electron chi connectivity index (χ4n) is 2.49. The van der Waals surface area contributed by atoms with Crippen molar-refractivity contribution in [3.05, 3.63) is 34.3 Å². The molecule has 98 valence electrons. The molecule has 0 aromatic heterocycles. The van der Waals surface area contributed by atoms with Crippen LogP contribution in [0.25, 0.3) is 0 Å². The molecule has 1 aromatic rings. The molecule has 0 spiro atoms.